The molecule has 1 N–H and O–H groups in total. The summed E-state index contributed by atoms with van der Waals surface area (Å²) in [5.41, 5.74) is 1.26. The highest BCUT2D eigenvalue weighted by atomic mass is 32.1. The van der Waals surface area contributed by atoms with Gasteiger partial charge in [0.15, 0.2) is 11.9 Å². The highest BCUT2D eigenvalue weighted by molar-refractivity contribution is 7.18. The standard InChI is InChI=1S/C22H23N5O3S/c1-12-14(3)31-21-18(12)20(28)25-19(26-21)13(2)30-22(29)16-6-8-27(9-7-16)17-5-4-15(10-23)11-24-17/h4-5,11,13,16H,6-9H2,1-3H3,(H,25,26,28). The van der Waals surface area contributed by atoms with Crippen molar-refractivity contribution in [3.05, 3.63) is 50.5 Å². The van der Waals surface area contributed by atoms with Crippen molar-refractivity contribution >= 4 is 33.3 Å². The largest absolute Gasteiger partial charge is 0.454 e. The van der Waals surface area contributed by atoms with Crippen molar-refractivity contribution in [1.29, 1.82) is 5.26 Å². The van der Waals surface area contributed by atoms with Crippen LogP contribution in [0.25, 0.3) is 10.2 Å². The third kappa shape index (κ3) is 4.16. The summed E-state index contributed by atoms with van der Waals surface area (Å²) >= 11 is 1.47. The van der Waals surface area contributed by atoms with Crippen LogP contribution >= 0.6 is 11.3 Å². The van der Waals surface area contributed by atoms with Crippen LogP contribution in [0.1, 0.15) is 47.7 Å². The van der Waals surface area contributed by atoms with Gasteiger partial charge in [-0.25, -0.2) is 9.97 Å². The first-order chi connectivity index (χ1) is 14.9. The third-order valence-corrected chi connectivity index (χ3v) is 6.87. The zero-order valence-electron chi connectivity index (χ0n) is 17.6. The van der Waals surface area contributed by atoms with E-state index in [1.54, 1.807) is 19.2 Å². The molecule has 4 heterocycles. The van der Waals surface area contributed by atoms with E-state index in [0.29, 0.717) is 47.5 Å². The number of rotatable bonds is 4. The van der Waals surface area contributed by atoms with E-state index in [1.165, 1.54) is 11.3 Å². The van der Waals surface area contributed by atoms with Crippen LogP contribution < -0.4 is 10.5 Å². The number of nitrogens with one attached hydrogen (secondary N) is 1. The molecular formula is C22H23N5O3S. The molecule has 3 aromatic rings. The Morgan fingerprint density at radius 2 is 2.10 bits per heavy atom. The summed E-state index contributed by atoms with van der Waals surface area (Å²) in [6.45, 7) is 6.97. The molecule has 0 bridgehead atoms. The number of thiophene rings is 1. The summed E-state index contributed by atoms with van der Waals surface area (Å²) < 4.78 is 5.65. The van der Waals surface area contributed by atoms with Gasteiger partial charge in [0.2, 0.25) is 0 Å². The van der Waals surface area contributed by atoms with Crippen LogP contribution in [0, 0.1) is 31.1 Å². The molecule has 9 heteroatoms. The van der Waals surface area contributed by atoms with Crippen molar-refractivity contribution in [2.24, 2.45) is 5.92 Å². The van der Waals surface area contributed by atoms with Gasteiger partial charge in [-0.3, -0.25) is 9.59 Å². The number of carbonyl (C=O) groups excluding carboxylic acids is 1. The van der Waals surface area contributed by atoms with Crippen molar-refractivity contribution < 1.29 is 9.53 Å². The van der Waals surface area contributed by atoms with Crippen LogP contribution in [0.5, 0.6) is 0 Å². The number of hydrogen-bond donors (Lipinski definition) is 1. The predicted octanol–water partition coefficient (Wildman–Crippen LogP) is 3.39. The minimum atomic E-state index is -0.634. The molecule has 1 unspecified atom stereocenters. The molecule has 4 rings (SSSR count). The van der Waals surface area contributed by atoms with Gasteiger partial charge < -0.3 is 14.6 Å². The number of carbonyl (C=O) groups is 1. The van der Waals surface area contributed by atoms with E-state index >= 15 is 0 Å². The van der Waals surface area contributed by atoms with Crippen molar-refractivity contribution in [3.8, 4) is 6.07 Å². The molecule has 31 heavy (non-hydrogen) atoms. The topological polar surface area (TPSA) is 112 Å². The fourth-order valence-corrected chi connectivity index (χ4v) is 4.81. The van der Waals surface area contributed by atoms with E-state index in [-0.39, 0.29) is 17.4 Å². The second kappa shape index (κ2) is 8.47. The summed E-state index contributed by atoms with van der Waals surface area (Å²) in [5, 5.41) is 9.50. The molecule has 160 valence electrons. The second-order valence-corrected chi connectivity index (χ2v) is 8.98. The van der Waals surface area contributed by atoms with E-state index in [0.717, 1.165) is 16.3 Å². The lowest BCUT2D eigenvalue weighted by Gasteiger charge is -2.32. The summed E-state index contributed by atoms with van der Waals surface area (Å²) in [6.07, 6.45) is 2.22. The highest BCUT2D eigenvalue weighted by Gasteiger charge is 2.29. The van der Waals surface area contributed by atoms with Crippen molar-refractivity contribution in [2.75, 3.05) is 18.0 Å². The van der Waals surface area contributed by atoms with E-state index in [4.69, 9.17) is 10.00 Å². The van der Waals surface area contributed by atoms with Gasteiger partial charge in [0, 0.05) is 24.2 Å². The fourth-order valence-electron chi connectivity index (χ4n) is 3.77. The summed E-state index contributed by atoms with van der Waals surface area (Å²) in [5.74, 6) is 0.683. The van der Waals surface area contributed by atoms with Crippen LogP contribution in [0.15, 0.2) is 23.1 Å². The Labute approximate surface area is 183 Å². The Balaban J connectivity index is 1.39. The zero-order valence-corrected chi connectivity index (χ0v) is 18.5. The normalized spacial score (nSPS) is 15.6. The number of pyridine rings is 1. The lowest BCUT2D eigenvalue weighted by molar-refractivity contribution is -0.154. The van der Waals surface area contributed by atoms with Crippen LogP contribution in [0.2, 0.25) is 0 Å². The molecule has 0 spiro atoms. The molecule has 0 aliphatic carbocycles. The van der Waals surface area contributed by atoms with Gasteiger partial charge in [-0.15, -0.1) is 11.3 Å². The Morgan fingerprint density at radius 3 is 2.74 bits per heavy atom. The number of aromatic amines is 1. The lowest BCUT2D eigenvalue weighted by atomic mass is 9.97. The van der Waals surface area contributed by atoms with Crippen molar-refractivity contribution in [2.45, 2.75) is 39.7 Å². The molecule has 0 saturated carbocycles. The summed E-state index contributed by atoms with van der Waals surface area (Å²) in [6, 6.07) is 5.63. The van der Waals surface area contributed by atoms with Crippen molar-refractivity contribution in [3.63, 3.8) is 0 Å². The number of aryl methyl sites for hydroxylation is 2. The first kappa shape index (κ1) is 21.0. The summed E-state index contributed by atoms with van der Waals surface area (Å²) in [7, 11) is 0. The molecular weight excluding hydrogens is 414 g/mol. The number of hydrogen-bond acceptors (Lipinski definition) is 8. The number of nitrogens with zero attached hydrogens (tertiary/aromatic N) is 4. The fraction of sp³-hybridized carbons (Fsp3) is 0.409. The van der Waals surface area contributed by atoms with Gasteiger partial charge in [0.05, 0.1) is 16.9 Å². The van der Waals surface area contributed by atoms with Crippen LogP contribution in [-0.2, 0) is 9.53 Å². The molecule has 0 radical (unpaired) electrons. The van der Waals surface area contributed by atoms with E-state index in [1.807, 2.05) is 19.9 Å². The monoisotopic (exact) mass is 437 g/mol. The molecule has 1 aliphatic heterocycles. The Bertz CT molecular complexity index is 1220. The van der Waals surface area contributed by atoms with Gasteiger partial charge >= 0.3 is 5.97 Å². The molecule has 0 amide bonds. The molecule has 1 atom stereocenters. The molecule has 8 nitrogen and oxygen atoms in total. The second-order valence-electron chi connectivity index (χ2n) is 7.77. The molecule has 1 fully saturated rings. The molecule has 0 aromatic carbocycles. The maximum Gasteiger partial charge on any atom is 0.309 e. The number of aromatic nitrogens is 3. The minimum Gasteiger partial charge on any atom is -0.454 e. The number of nitriles is 1. The Morgan fingerprint density at radius 1 is 1.35 bits per heavy atom. The summed E-state index contributed by atoms with van der Waals surface area (Å²) in [4.78, 5) is 40.6. The molecule has 1 aliphatic rings. The molecule has 3 aromatic heterocycles. The number of anilines is 1. The maximum atomic E-state index is 12.7. The van der Waals surface area contributed by atoms with Gasteiger partial charge in [0.25, 0.3) is 5.56 Å². The van der Waals surface area contributed by atoms with Crippen LogP contribution in [0.3, 0.4) is 0 Å². The van der Waals surface area contributed by atoms with E-state index in [9.17, 15) is 9.59 Å². The zero-order chi connectivity index (χ0) is 22.1. The first-order valence-electron chi connectivity index (χ1n) is 10.2. The first-order valence-corrected chi connectivity index (χ1v) is 11.0. The SMILES string of the molecule is Cc1sc2nc(C(C)OC(=O)C3CCN(c4ccc(C#N)cn4)CC3)[nH]c(=O)c2c1C. The minimum absolute atomic E-state index is 0.201. The predicted molar refractivity (Wildman–Crippen MR) is 118 cm³/mol. The smallest absolute Gasteiger partial charge is 0.309 e. The van der Waals surface area contributed by atoms with Crippen molar-refractivity contribution in [1.82, 2.24) is 15.0 Å². The quantitative estimate of drug-likeness (QED) is 0.623. The van der Waals surface area contributed by atoms with Gasteiger partial charge in [-0.2, -0.15) is 5.26 Å². The Hall–Kier alpha value is -3.25. The maximum absolute atomic E-state index is 12.7. The van der Waals surface area contributed by atoms with E-state index < -0.39 is 6.10 Å². The average Bonchev–Trinajstić information content (AvgIpc) is 3.07. The van der Waals surface area contributed by atoms with Crippen LogP contribution in [0.4, 0.5) is 5.82 Å². The lowest BCUT2D eigenvalue weighted by Crippen LogP contribution is -2.37. The Kier molecular flexibility index (Phi) is 5.74. The number of H-pyrrole nitrogens is 1. The van der Waals surface area contributed by atoms with Crippen LogP contribution in [-0.4, -0.2) is 34.0 Å². The van der Waals surface area contributed by atoms with Gasteiger partial charge in [0.1, 0.15) is 16.7 Å². The van der Waals surface area contributed by atoms with Gasteiger partial charge in [-0.05, 0) is 51.3 Å². The van der Waals surface area contributed by atoms with Gasteiger partial charge in [-0.1, -0.05) is 0 Å². The molecule has 1 saturated heterocycles. The average molecular weight is 438 g/mol. The number of fused-ring (bicyclic) bond motifs is 1. The number of esters is 1. The number of piperidine rings is 1. The highest BCUT2D eigenvalue weighted by Crippen LogP contribution is 2.28. The number of ether oxygens (including phenoxy) is 1. The van der Waals surface area contributed by atoms with E-state index in [2.05, 4.69) is 25.9 Å². The third-order valence-electron chi connectivity index (χ3n) is 5.76.